The zero-order chi connectivity index (χ0) is 16.9. The van der Waals surface area contributed by atoms with Gasteiger partial charge >= 0.3 is 0 Å². The van der Waals surface area contributed by atoms with E-state index in [-0.39, 0.29) is 11.9 Å². The fourth-order valence-corrected chi connectivity index (χ4v) is 3.10. The minimum Gasteiger partial charge on any atom is -0.336 e. The molecule has 4 nitrogen and oxygen atoms in total. The second-order valence-electron chi connectivity index (χ2n) is 6.46. The van der Waals surface area contributed by atoms with Gasteiger partial charge in [-0.25, -0.2) is 0 Å². The summed E-state index contributed by atoms with van der Waals surface area (Å²) in [6.45, 7) is 2.53. The van der Waals surface area contributed by atoms with Gasteiger partial charge in [0.25, 0.3) is 0 Å². The molecule has 0 radical (unpaired) electrons. The Kier molecular flexibility index (Phi) is 6.04. The number of rotatable bonds is 5. The molecular formula is C18H24ClN3O. The molecule has 1 unspecified atom stereocenters. The number of nitrogens with zero attached hydrogens (tertiary/aromatic N) is 2. The van der Waals surface area contributed by atoms with Gasteiger partial charge in [-0.2, -0.15) is 5.26 Å². The van der Waals surface area contributed by atoms with Crippen LogP contribution in [0.2, 0.25) is 5.02 Å². The van der Waals surface area contributed by atoms with Gasteiger partial charge in [-0.1, -0.05) is 43.0 Å². The SMILES string of the molecule is CC(C(=O)NC1(C#N)CCCCC1)N(C)Cc1ccc(Cl)cc1. The fraction of sp³-hybridized carbons (Fsp3) is 0.556. The molecule has 1 N–H and O–H groups in total. The van der Waals surface area contributed by atoms with Crippen LogP contribution >= 0.6 is 11.6 Å². The molecule has 1 atom stereocenters. The molecule has 5 heteroatoms. The molecule has 0 aliphatic heterocycles. The first-order valence-corrected chi connectivity index (χ1v) is 8.51. The number of amides is 1. The first-order chi connectivity index (χ1) is 11.0. The first kappa shape index (κ1) is 17.8. The van der Waals surface area contributed by atoms with Crippen LogP contribution in [-0.4, -0.2) is 29.4 Å². The Morgan fingerprint density at radius 2 is 1.96 bits per heavy atom. The smallest absolute Gasteiger partial charge is 0.238 e. The van der Waals surface area contributed by atoms with E-state index in [2.05, 4.69) is 11.4 Å². The van der Waals surface area contributed by atoms with Gasteiger partial charge in [0.1, 0.15) is 5.54 Å². The van der Waals surface area contributed by atoms with Crippen molar-refractivity contribution in [1.82, 2.24) is 10.2 Å². The summed E-state index contributed by atoms with van der Waals surface area (Å²) < 4.78 is 0. The molecule has 2 rings (SSSR count). The van der Waals surface area contributed by atoms with E-state index in [1.165, 1.54) is 0 Å². The summed E-state index contributed by atoms with van der Waals surface area (Å²) in [6.07, 6.45) is 4.66. The van der Waals surface area contributed by atoms with E-state index in [1.54, 1.807) is 0 Å². The number of benzene rings is 1. The van der Waals surface area contributed by atoms with Gasteiger partial charge in [0.05, 0.1) is 12.1 Å². The highest BCUT2D eigenvalue weighted by molar-refractivity contribution is 6.30. The topological polar surface area (TPSA) is 56.1 Å². The highest BCUT2D eigenvalue weighted by atomic mass is 35.5. The van der Waals surface area contributed by atoms with E-state index in [4.69, 9.17) is 11.6 Å². The summed E-state index contributed by atoms with van der Waals surface area (Å²) >= 11 is 5.89. The second kappa shape index (κ2) is 7.81. The number of carbonyl (C=O) groups is 1. The lowest BCUT2D eigenvalue weighted by molar-refractivity contribution is -0.127. The minimum atomic E-state index is -0.676. The molecule has 0 spiro atoms. The number of nitrogens with one attached hydrogen (secondary N) is 1. The van der Waals surface area contributed by atoms with Crippen LogP contribution in [0.4, 0.5) is 0 Å². The third-order valence-corrected chi connectivity index (χ3v) is 4.92. The molecule has 1 amide bonds. The van der Waals surface area contributed by atoms with E-state index in [0.717, 1.165) is 37.7 Å². The molecule has 0 aromatic heterocycles. The Bertz CT molecular complexity index is 573. The number of halogens is 1. The van der Waals surface area contributed by atoms with E-state index < -0.39 is 5.54 Å². The third-order valence-electron chi connectivity index (χ3n) is 4.67. The van der Waals surface area contributed by atoms with Gasteiger partial charge in [-0.15, -0.1) is 0 Å². The highest BCUT2D eigenvalue weighted by Gasteiger charge is 2.35. The molecule has 23 heavy (non-hydrogen) atoms. The normalized spacial score (nSPS) is 18.2. The Labute approximate surface area is 143 Å². The standard InChI is InChI=1S/C18H24ClN3O/c1-14(22(2)12-15-6-8-16(19)9-7-15)17(23)21-18(13-20)10-4-3-5-11-18/h6-9,14H,3-5,10-12H2,1-2H3,(H,21,23). The van der Waals surface area contributed by atoms with E-state index in [1.807, 2.05) is 43.1 Å². The maximum absolute atomic E-state index is 12.5. The second-order valence-corrected chi connectivity index (χ2v) is 6.90. The molecular weight excluding hydrogens is 310 g/mol. The van der Waals surface area contributed by atoms with Gasteiger partial charge in [0.2, 0.25) is 5.91 Å². The minimum absolute atomic E-state index is 0.0788. The van der Waals surface area contributed by atoms with Crippen molar-refractivity contribution >= 4 is 17.5 Å². The summed E-state index contributed by atoms with van der Waals surface area (Å²) in [5.74, 6) is -0.0788. The highest BCUT2D eigenvalue weighted by Crippen LogP contribution is 2.27. The van der Waals surface area contributed by atoms with Crippen LogP contribution in [-0.2, 0) is 11.3 Å². The predicted octanol–water partition coefficient (Wildman–Crippen LogP) is 3.50. The molecule has 1 aliphatic carbocycles. The van der Waals surface area contributed by atoms with E-state index >= 15 is 0 Å². The molecule has 1 aromatic carbocycles. The maximum atomic E-state index is 12.5. The Hall–Kier alpha value is -1.57. The van der Waals surface area contributed by atoms with Gasteiger partial charge < -0.3 is 5.32 Å². The largest absolute Gasteiger partial charge is 0.336 e. The third kappa shape index (κ3) is 4.70. The van der Waals surface area contributed by atoms with Crippen molar-refractivity contribution in [2.24, 2.45) is 0 Å². The predicted molar refractivity (Wildman–Crippen MR) is 92.0 cm³/mol. The van der Waals surface area contributed by atoms with Crippen molar-refractivity contribution in [1.29, 1.82) is 5.26 Å². The lowest BCUT2D eigenvalue weighted by Gasteiger charge is -2.34. The van der Waals surface area contributed by atoms with Crippen molar-refractivity contribution in [2.45, 2.75) is 57.2 Å². The zero-order valence-electron chi connectivity index (χ0n) is 13.8. The van der Waals surface area contributed by atoms with Crippen LogP contribution in [0.3, 0.4) is 0 Å². The van der Waals surface area contributed by atoms with Gasteiger partial charge in [-0.05, 0) is 44.5 Å². The molecule has 1 fully saturated rings. The Morgan fingerprint density at radius 3 is 2.52 bits per heavy atom. The Morgan fingerprint density at radius 1 is 1.35 bits per heavy atom. The van der Waals surface area contributed by atoms with Crippen molar-refractivity contribution in [3.63, 3.8) is 0 Å². The van der Waals surface area contributed by atoms with Crippen molar-refractivity contribution in [3.8, 4) is 6.07 Å². The molecule has 1 aromatic rings. The van der Waals surface area contributed by atoms with Crippen LogP contribution < -0.4 is 5.32 Å². The van der Waals surface area contributed by atoms with Gasteiger partial charge in [0, 0.05) is 11.6 Å². The Balaban J connectivity index is 1.95. The zero-order valence-corrected chi connectivity index (χ0v) is 14.6. The van der Waals surface area contributed by atoms with Crippen molar-refractivity contribution in [2.75, 3.05) is 7.05 Å². The van der Waals surface area contributed by atoms with E-state index in [0.29, 0.717) is 11.6 Å². The van der Waals surface area contributed by atoms with Gasteiger partial charge in [0.15, 0.2) is 0 Å². The summed E-state index contributed by atoms with van der Waals surface area (Å²) in [7, 11) is 1.92. The lowest BCUT2D eigenvalue weighted by Crippen LogP contribution is -2.54. The number of hydrogen-bond donors (Lipinski definition) is 1. The monoisotopic (exact) mass is 333 g/mol. The maximum Gasteiger partial charge on any atom is 0.238 e. The van der Waals surface area contributed by atoms with Crippen LogP contribution in [0.25, 0.3) is 0 Å². The van der Waals surface area contributed by atoms with Crippen molar-refractivity contribution < 1.29 is 4.79 Å². The average Bonchev–Trinajstić information content (AvgIpc) is 2.57. The van der Waals surface area contributed by atoms with Crippen LogP contribution in [0.5, 0.6) is 0 Å². The van der Waals surface area contributed by atoms with E-state index in [9.17, 15) is 10.1 Å². The summed E-state index contributed by atoms with van der Waals surface area (Å²) in [6, 6.07) is 9.66. The quantitative estimate of drug-likeness (QED) is 0.897. The average molecular weight is 334 g/mol. The number of nitriles is 1. The van der Waals surface area contributed by atoms with Crippen molar-refractivity contribution in [3.05, 3.63) is 34.9 Å². The molecule has 124 valence electrons. The van der Waals surface area contributed by atoms with Crippen LogP contribution in [0, 0.1) is 11.3 Å². The van der Waals surface area contributed by atoms with Gasteiger partial charge in [-0.3, -0.25) is 9.69 Å². The lowest BCUT2D eigenvalue weighted by atomic mass is 9.82. The molecule has 0 bridgehead atoms. The summed E-state index contributed by atoms with van der Waals surface area (Å²) in [5, 5.41) is 13.2. The number of carbonyl (C=O) groups excluding carboxylic acids is 1. The fourth-order valence-electron chi connectivity index (χ4n) is 2.98. The number of hydrogen-bond acceptors (Lipinski definition) is 3. The summed E-state index contributed by atoms with van der Waals surface area (Å²) in [5.41, 5.74) is 0.425. The molecule has 1 saturated carbocycles. The molecule has 1 aliphatic rings. The van der Waals surface area contributed by atoms with Crippen LogP contribution in [0.15, 0.2) is 24.3 Å². The summed E-state index contributed by atoms with van der Waals surface area (Å²) in [4.78, 5) is 14.5. The number of likely N-dealkylation sites (N-methyl/N-ethyl adjacent to an activating group) is 1. The molecule has 0 saturated heterocycles. The first-order valence-electron chi connectivity index (χ1n) is 8.14. The molecule has 0 heterocycles. The van der Waals surface area contributed by atoms with Crippen LogP contribution in [0.1, 0.15) is 44.6 Å².